The standard InChI is InChI=1S/C12H22N2O4/c1-11(2,9(15)16)7-13-10(17)14-8-12(3)5-4-6-18-12/h4-8H2,1-3H3,(H,15,16)(H2,13,14,17). The van der Waals surface area contributed by atoms with E-state index in [4.69, 9.17) is 9.84 Å². The van der Waals surface area contributed by atoms with Gasteiger partial charge in [0.2, 0.25) is 0 Å². The third kappa shape index (κ3) is 4.18. The minimum absolute atomic E-state index is 0.0890. The largest absolute Gasteiger partial charge is 0.481 e. The molecule has 1 unspecified atom stereocenters. The molecule has 0 aliphatic carbocycles. The van der Waals surface area contributed by atoms with Crippen LogP contribution in [0.2, 0.25) is 0 Å². The van der Waals surface area contributed by atoms with Gasteiger partial charge in [-0.15, -0.1) is 0 Å². The Hall–Kier alpha value is -1.30. The zero-order valence-corrected chi connectivity index (χ0v) is 11.2. The Bertz CT molecular complexity index is 322. The summed E-state index contributed by atoms with van der Waals surface area (Å²) in [5.74, 6) is -0.936. The minimum atomic E-state index is -0.967. The Kier molecular flexibility index (Phi) is 4.56. The van der Waals surface area contributed by atoms with Crippen molar-refractivity contribution in [2.75, 3.05) is 19.7 Å². The van der Waals surface area contributed by atoms with Gasteiger partial charge in [-0.3, -0.25) is 4.79 Å². The lowest BCUT2D eigenvalue weighted by atomic mass is 9.94. The number of amides is 2. The summed E-state index contributed by atoms with van der Waals surface area (Å²) in [5, 5.41) is 14.2. The van der Waals surface area contributed by atoms with E-state index in [-0.39, 0.29) is 18.2 Å². The first-order chi connectivity index (χ1) is 8.25. The summed E-state index contributed by atoms with van der Waals surface area (Å²) >= 11 is 0. The third-order valence-electron chi connectivity index (χ3n) is 3.19. The number of carbonyl (C=O) groups is 2. The molecule has 1 heterocycles. The molecule has 104 valence electrons. The third-order valence-corrected chi connectivity index (χ3v) is 3.19. The molecule has 0 aromatic heterocycles. The molecule has 18 heavy (non-hydrogen) atoms. The molecule has 0 bridgehead atoms. The molecule has 0 aromatic rings. The predicted octanol–water partition coefficient (Wildman–Crippen LogP) is 0.965. The fourth-order valence-corrected chi connectivity index (χ4v) is 1.68. The maximum atomic E-state index is 11.5. The van der Waals surface area contributed by atoms with Gasteiger partial charge in [-0.05, 0) is 33.6 Å². The van der Waals surface area contributed by atoms with E-state index in [1.807, 2.05) is 6.92 Å². The molecule has 2 amide bonds. The first-order valence-electron chi connectivity index (χ1n) is 6.14. The normalized spacial score (nSPS) is 23.7. The van der Waals surface area contributed by atoms with E-state index in [9.17, 15) is 9.59 Å². The van der Waals surface area contributed by atoms with E-state index in [0.717, 1.165) is 19.4 Å². The van der Waals surface area contributed by atoms with Crippen LogP contribution in [0.1, 0.15) is 33.6 Å². The second-order valence-electron chi connectivity index (χ2n) is 5.63. The molecule has 1 atom stereocenters. The van der Waals surface area contributed by atoms with Gasteiger partial charge in [-0.1, -0.05) is 0 Å². The molecular formula is C12H22N2O4. The van der Waals surface area contributed by atoms with Crippen molar-refractivity contribution in [2.24, 2.45) is 5.41 Å². The van der Waals surface area contributed by atoms with Crippen molar-refractivity contribution in [3.8, 4) is 0 Å². The van der Waals surface area contributed by atoms with Crippen molar-refractivity contribution in [1.82, 2.24) is 10.6 Å². The van der Waals surface area contributed by atoms with Gasteiger partial charge < -0.3 is 20.5 Å². The highest BCUT2D eigenvalue weighted by Gasteiger charge is 2.31. The number of hydrogen-bond donors (Lipinski definition) is 3. The second-order valence-corrected chi connectivity index (χ2v) is 5.63. The summed E-state index contributed by atoms with van der Waals surface area (Å²) in [5.41, 5.74) is -1.26. The monoisotopic (exact) mass is 258 g/mol. The van der Waals surface area contributed by atoms with E-state index in [1.54, 1.807) is 13.8 Å². The lowest BCUT2D eigenvalue weighted by molar-refractivity contribution is -0.146. The first-order valence-corrected chi connectivity index (χ1v) is 6.14. The van der Waals surface area contributed by atoms with Crippen molar-refractivity contribution >= 4 is 12.0 Å². The van der Waals surface area contributed by atoms with E-state index in [2.05, 4.69) is 10.6 Å². The number of hydrogen-bond acceptors (Lipinski definition) is 3. The maximum Gasteiger partial charge on any atom is 0.314 e. The molecule has 0 saturated carbocycles. The average Bonchev–Trinajstić information content (AvgIpc) is 2.71. The second kappa shape index (κ2) is 5.56. The van der Waals surface area contributed by atoms with Gasteiger partial charge in [-0.2, -0.15) is 0 Å². The quantitative estimate of drug-likeness (QED) is 0.685. The summed E-state index contributed by atoms with van der Waals surface area (Å²) in [6.45, 7) is 6.35. The Morgan fingerprint density at radius 1 is 1.39 bits per heavy atom. The van der Waals surface area contributed by atoms with Crippen LogP contribution in [0.15, 0.2) is 0 Å². The van der Waals surface area contributed by atoms with Crippen molar-refractivity contribution in [3.05, 3.63) is 0 Å². The lowest BCUT2D eigenvalue weighted by Gasteiger charge is -2.24. The number of ether oxygens (including phenoxy) is 1. The number of rotatable bonds is 5. The highest BCUT2D eigenvalue weighted by Crippen LogP contribution is 2.23. The van der Waals surface area contributed by atoms with Crippen molar-refractivity contribution in [2.45, 2.75) is 39.2 Å². The van der Waals surface area contributed by atoms with Gasteiger partial charge in [0.1, 0.15) is 0 Å². The average molecular weight is 258 g/mol. The van der Waals surface area contributed by atoms with Crippen LogP contribution in [0.25, 0.3) is 0 Å². The molecule has 1 rings (SSSR count). The molecule has 6 nitrogen and oxygen atoms in total. The number of aliphatic carboxylic acids is 1. The Labute approximate surface area is 107 Å². The van der Waals surface area contributed by atoms with Crippen molar-refractivity contribution < 1.29 is 19.4 Å². The van der Waals surface area contributed by atoms with Crippen LogP contribution in [0.3, 0.4) is 0 Å². The van der Waals surface area contributed by atoms with Gasteiger partial charge in [0.15, 0.2) is 0 Å². The molecule has 6 heteroatoms. The van der Waals surface area contributed by atoms with Crippen molar-refractivity contribution in [3.63, 3.8) is 0 Å². The van der Waals surface area contributed by atoms with Gasteiger partial charge in [0.05, 0.1) is 11.0 Å². The first kappa shape index (κ1) is 14.8. The van der Waals surface area contributed by atoms with Gasteiger partial charge in [0.25, 0.3) is 0 Å². The van der Waals surface area contributed by atoms with Crippen LogP contribution in [-0.2, 0) is 9.53 Å². The highest BCUT2D eigenvalue weighted by molar-refractivity contribution is 5.77. The number of urea groups is 1. The molecule has 1 saturated heterocycles. The number of nitrogens with one attached hydrogen (secondary N) is 2. The van der Waals surface area contributed by atoms with Crippen LogP contribution in [0.4, 0.5) is 4.79 Å². The maximum absolute atomic E-state index is 11.5. The van der Waals surface area contributed by atoms with Crippen LogP contribution in [0, 0.1) is 5.41 Å². The molecule has 3 N–H and O–H groups in total. The molecule has 0 aromatic carbocycles. The topological polar surface area (TPSA) is 87.7 Å². The molecule has 1 fully saturated rings. The molecule has 0 radical (unpaired) electrons. The summed E-state index contributed by atoms with van der Waals surface area (Å²) in [4.78, 5) is 22.4. The Balaban J connectivity index is 2.28. The Morgan fingerprint density at radius 3 is 2.56 bits per heavy atom. The molecule has 1 aliphatic heterocycles. The van der Waals surface area contributed by atoms with Gasteiger partial charge in [0, 0.05) is 19.7 Å². The fraction of sp³-hybridized carbons (Fsp3) is 0.833. The molecule has 1 aliphatic rings. The SMILES string of the molecule is CC1(CNC(=O)NCC(C)(C)C(=O)O)CCCO1. The van der Waals surface area contributed by atoms with Crippen molar-refractivity contribution in [1.29, 1.82) is 0 Å². The highest BCUT2D eigenvalue weighted by atomic mass is 16.5. The molecular weight excluding hydrogens is 236 g/mol. The van der Waals surface area contributed by atoms with Gasteiger partial charge in [-0.25, -0.2) is 4.79 Å². The van der Waals surface area contributed by atoms with E-state index in [0.29, 0.717) is 6.54 Å². The summed E-state index contributed by atoms with van der Waals surface area (Å²) in [7, 11) is 0. The van der Waals surface area contributed by atoms with Crippen LogP contribution < -0.4 is 10.6 Å². The van der Waals surface area contributed by atoms with Crippen LogP contribution in [-0.4, -0.2) is 42.4 Å². The fourth-order valence-electron chi connectivity index (χ4n) is 1.68. The zero-order valence-electron chi connectivity index (χ0n) is 11.2. The smallest absolute Gasteiger partial charge is 0.314 e. The molecule has 0 spiro atoms. The zero-order chi connectivity index (χ0) is 13.8. The number of carboxylic acid groups (broad SMARTS) is 1. The van der Waals surface area contributed by atoms with E-state index in [1.165, 1.54) is 0 Å². The summed E-state index contributed by atoms with van der Waals surface area (Å²) in [6, 6.07) is -0.360. The lowest BCUT2D eigenvalue weighted by Crippen LogP contribution is -2.47. The number of carbonyl (C=O) groups excluding carboxylic acids is 1. The summed E-state index contributed by atoms with van der Waals surface area (Å²) < 4.78 is 5.54. The van der Waals surface area contributed by atoms with Crippen LogP contribution >= 0.6 is 0 Å². The number of carboxylic acids is 1. The van der Waals surface area contributed by atoms with Gasteiger partial charge >= 0.3 is 12.0 Å². The predicted molar refractivity (Wildman–Crippen MR) is 66.4 cm³/mol. The van der Waals surface area contributed by atoms with E-state index >= 15 is 0 Å². The van der Waals surface area contributed by atoms with E-state index < -0.39 is 11.4 Å². The summed E-state index contributed by atoms with van der Waals surface area (Å²) in [6.07, 6.45) is 1.93. The minimum Gasteiger partial charge on any atom is -0.481 e. The Morgan fingerprint density at radius 2 is 2.06 bits per heavy atom. The van der Waals surface area contributed by atoms with Crippen LogP contribution in [0.5, 0.6) is 0 Å².